The van der Waals surface area contributed by atoms with Crippen molar-refractivity contribution in [2.45, 2.75) is 32.4 Å². The largest absolute Gasteiger partial charge is 0.349 e. The number of aromatic amines is 1. The maximum Gasteiger partial charge on any atom is 0.224 e. The third-order valence-corrected chi connectivity index (χ3v) is 5.23. The normalized spacial score (nSPS) is 19.6. The highest BCUT2D eigenvalue weighted by Crippen LogP contribution is 2.50. The summed E-state index contributed by atoms with van der Waals surface area (Å²) >= 11 is 17.4. The zero-order valence-electron chi connectivity index (χ0n) is 12.5. The Bertz CT molecular complexity index is 801. The fourth-order valence-electron chi connectivity index (χ4n) is 2.74. The van der Waals surface area contributed by atoms with Gasteiger partial charge in [0.1, 0.15) is 0 Å². The molecule has 5 nitrogen and oxygen atoms in total. The Labute approximate surface area is 149 Å². The summed E-state index contributed by atoms with van der Waals surface area (Å²) in [6.07, 6.45) is 0.784. The van der Waals surface area contributed by atoms with Gasteiger partial charge in [-0.25, -0.2) is 0 Å². The molecular formula is C15H16Cl2N4OS. The molecule has 0 unspecified atom stereocenters. The van der Waals surface area contributed by atoms with Crippen LogP contribution in [0.15, 0.2) is 18.2 Å². The fourth-order valence-corrected chi connectivity index (χ4v) is 3.47. The number of H-pyrrole nitrogens is 1. The van der Waals surface area contributed by atoms with Gasteiger partial charge in [0.25, 0.3) is 0 Å². The van der Waals surface area contributed by atoms with Crippen molar-refractivity contribution in [1.29, 1.82) is 0 Å². The monoisotopic (exact) mass is 370 g/mol. The zero-order chi connectivity index (χ0) is 16.6. The lowest BCUT2D eigenvalue weighted by molar-refractivity contribution is -0.122. The molecule has 23 heavy (non-hydrogen) atoms. The first-order valence-corrected chi connectivity index (χ1v) is 8.55. The van der Waals surface area contributed by atoms with Crippen molar-refractivity contribution in [3.05, 3.63) is 44.4 Å². The highest BCUT2D eigenvalue weighted by atomic mass is 35.5. The van der Waals surface area contributed by atoms with Gasteiger partial charge in [-0.15, -0.1) is 0 Å². The zero-order valence-corrected chi connectivity index (χ0v) is 14.8. The van der Waals surface area contributed by atoms with Gasteiger partial charge in [-0.1, -0.05) is 35.3 Å². The number of hydrogen-bond acceptors (Lipinski definition) is 3. The molecule has 2 aromatic rings. The van der Waals surface area contributed by atoms with Crippen molar-refractivity contribution in [2.24, 2.45) is 5.92 Å². The number of carbonyl (C=O) groups is 1. The summed E-state index contributed by atoms with van der Waals surface area (Å²) in [7, 11) is 0. The number of nitrogens with one attached hydrogen (secondary N) is 2. The fraction of sp³-hybridized carbons (Fsp3) is 0.400. The number of benzene rings is 1. The summed E-state index contributed by atoms with van der Waals surface area (Å²) in [4.78, 5) is 12.3. The first-order chi connectivity index (χ1) is 11.0. The number of nitrogens with zero attached hydrogens (tertiary/aromatic N) is 2. The van der Waals surface area contributed by atoms with Crippen LogP contribution in [0.5, 0.6) is 0 Å². The van der Waals surface area contributed by atoms with Gasteiger partial charge in [0.05, 0.1) is 16.6 Å². The molecule has 0 aliphatic heterocycles. The van der Waals surface area contributed by atoms with E-state index in [9.17, 15) is 4.79 Å². The van der Waals surface area contributed by atoms with Crippen LogP contribution in [0.4, 0.5) is 0 Å². The molecule has 1 aromatic carbocycles. The minimum Gasteiger partial charge on any atom is -0.349 e. The SMILES string of the molecule is CCn1c(CNC(=O)[C@H]2C[C@H]2c2cccc(Cl)c2Cl)n[nH]c1=S. The van der Waals surface area contributed by atoms with Gasteiger partial charge in [0.2, 0.25) is 5.91 Å². The minimum atomic E-state index is -0.0667. The second-order valence-electron chi connectivity index (χ2n) is 5.50. The molecule has 1 aliphatic rings. The Hall–Kier alpha value is -1.37. The second kappa shape index (κ2) is 6.63. The lowest BCUT2D eigenvalue weighted by Gasteiger charge is -2.07. The molecule has 2 atom stereocenters. The highest BCUT2D eigenvalue weighted by Gasteiger charge is 2.45. The Morgan fingerprint density at radius 3 is 3.04 bits per heavy atom. The van der Waals surface area contributed by atoms with Crippen LogP contribution in [0.25, 0.3) is 0 Å². The van der Waals surface area contributed by atoms with Crippen LogP contribution < -0.4 is 5.32 Å². The van der Waals surface area contributed by atoms with E-state index in [-0.39, 0.29) is 17.7 Å². The molecule has 2 N–H and O–H groups in total. The lowest BCUT2D eigenvalue weighted by Crippen LogP contribution is -2.26. The van der Waals surface area contributed by atoms with Crippen molar-refractivity contribution in [3.63, 3.8) is 0 Å². The van der Waals surface area contributed by atoms with Crippen molar-refractivity contribution in [3.8, 4) is 0 Å². The van der Waals surface area contributed by atoms with E-state index in [1.807, 2.05) is 23.6 Å². The van der Waals surface area contributed by atoms with Crippen LogP contribution in [0, 0.1) is 10.7 Å². The van der Waals surface area contributed by atoms with Gasteiger partial charge in [-0.2, -0.15) is 5.10 Å². The first kappa shape index (κ1) is 16.5. The highest BCUT2D eigenvalue weighted by molar-refractivity contribution is 7.71. The number of hydrogen-bond donors (Lipinski definition) is 2. The summed E-state index contributed by atoms with van der Waals surface area (Å²) in [5.74, 6) is 0.794. The van der Waals surface area contributed by atoms with Gasteiger partial charge >= 0.3 is 0 Å². The van der Waals surface area contributed by atoms with E-state index in [2.05, 4.69) is 15.5 Å². The van der Waals surface area contributed by atoms with Gasteiger partial charge in [0.15, 0.2) is 10.6 Å². The lowest BCUT2D eigenvalue weighted by atomic mass is 10.1. The smallest absolute Gasteiger partial charge is 0.224 e. The molecule has 0 bridgehead atoms. The maximum absolute atomic E-state index is 12.3. The number of aromatic nitrogens is 3. The molecule has 0 radical (unpaired) electrons. The average molecular weight is 371 g/mol. The summed E-state index contributed by atoms with van der Waals surface area (Å²) in [5, 5.41) is 10.9. The molecule has 1 heterocycles. The topological polar surface area (TPSA) is 62.7 Å². The van der Waals surface area contributed by atoms with Gasteiger partial charge < -0.3 is 9.88 Å². The van der Waals surface area contributed by atoms with E-state index in [0.717, 1.165) is 17.8 Å². The molecule has 8 heteroatoms. The molecule has 1 aromatic heterocycles. The van der Waals surface area contributed by atoms with Crippen LogP contribution >= 0.6 is 35.4 Å². The first-order valence-electron chi connectivity index (χ1n) is 7.38. The van der Waals surface area contributed by atoms with E-state index in [0.29, 0.717) is 27.9 Å². The van der Waals surface area contributed by atoms with Crippen molar-refractivity contribution in [1.82, 2.24) is 20.1 Å². The van der Waals surface area contributed by atoms with Crippen LogP contribution in [-0.4, -0.2) is 20.7 Å². The standard InChI is InChI=1S/C15H16Cl2N4OS/c1-2-21-12(19-20-15(21)23)7-18-14(22)10-6-9(10)8-4-3-5-11(16)13(8)17/h3-5,9-10H,2,6-7H2,1H3,(H,18,22)(H,20,23)/t9-,10-/m0/s1. The Morgan fingerprint density at radius 2 is 2.30 bits per heavy atom. The van der Waals surface area contributed by atoms with E-state index in [1.165, 1.54) is 0 Å². The third kappa shape index (κ3) is 3.29. The molecule has 0 spiro atoms. The maximum atomic E-state index is 12.3. The van der Waals surface area contributed by atoms with Crippen LogP contribution in [-0.2, 0) is 17.9 Å². The molecule has 3 rings (SSSR count). The van der Waals surface area contributed by atoms with E-state index < -0.39 is 0 Å². The van der Waals surface area contributed by atoms with Crippen molar-refractivity contribution >= 4 is 41.3 Å². The van der Waals surface area contributed by atoms with Gasteiger partial charge in [-0.3, -0.25) is 9.89 Å². The Morgan fingerprint density at radius 1 is 1.52 bits per heavy atom. The molecular weight excluding hydrogens is 355 g/mol. The second-order valence-corrected chi connectivity index (χ2v) is 6.67. The predicted octanol–water partition coefficient (Wildman–Crippen LogP) is 3.69. The third-order valence-electron chi connectivity index (χ3n) is 4.08. The summed E-state index contributed by atoms with van der Waals surface area (Å²) in [6, 6.07) is 5.53. The van der Waals surface area contributed by atoms with E-state index in [1.54, 1.807) is 6.07 Å². The van der Waals surface area contributed by atoms with Crippen molar-refractivity contribution < 1.29 is 4.79 Å². The van der Waals surface area contributed by atoms with Crippen molar-refractivity contribution in [2.75, 3.05) is 0 Å². The van der Waals surface area contributed by atoms with Crippen LogP contribution in [0.2, 0.25) is 10.0 Å². The van der Waals surface area contributed by atoms with Crippen LogP contribution in [0.1, 0.15) is 30.7 Å². The Kier molecular flexibility index (Phi) is 4.75. The minimum absolute atomic E-state index is 0.00242. The van der Waals surface area contributed by atoms with Gasteiger partial charge in [0, 0.05) is 12.5 Å². The summed E-state index contributed by atoms with van der Waals surface area (Å²) in [6.45, 7) is 3.05. The summed E-state index contributed by atoms with van der Waals surface area (Å²) in [5.41, 5.74) is 0.940. The number of carbonyl (C=O) groups excluding carboxylic acids is 1. The quantitative estimate of drug-likeness (QED) is 0.788. The molecule has 1 amide bonds. The molecule has 1 fully saturated rings. The number of amides is 1. The summed E-state index contributed by atoms with van der Waals surface area (Å²) < 4.78 is 2.42. The number of rotatable bonds is 5. The molecule has 122 valence electrons. The Balaban J connectivity index is 1.62. The predicted molar refractivity (Wildman–Crippen MR) is 92.2 cm³/mol. The average Bonchev–Trinajstić information content (AvgIpc) is 3.25. The van der Waals surface area contributed by atoms with Gasteiger partial charge in [-0.05, 0) is 43.1 Å². The molecule has 1 aliphatic carbocycles. The number of halogens is 2. The van der Waals surface area contributed by atoms with Crippen LogP contribution in [0.3, 0.4) is 0 Å². The molecule has 0 saturated heterocycles. The van der Waals surface area contributed by atoms with E-state index >= 15 is 0 Å². The molecule has 1 saturated carbocycles. The van der Waals surface area contributed by atoms with E-state index in [4.69, 9.17) is 35.4 Å².